The first-order valence-electron chi connectivity index (χ1n) is 8.82. The lowest BCUT2D eigenvalue weighted by molar-refractivity contribution is -0.135. The Hall–Kier alpha value is -3.52. The number of carbonyl (C=O) groups is 3. The van der Waals surface area contributed by atoms with E-state index in [1.54, 1.807) is 23.5 Å². The lowest BCUT2D eigenvalue weighted by Gasteiger charge is -2.07. The zero-order chi connectivity index (χ0) is 20.8. The van der Waals surface area contributed by atoms with Gasteiger partial charge < -0.3 is 15.7 Å². The minimum atomic E-state index is -1.11. The van der Waals surface area contributed by atoms with Crippen LogP contribution in [-0.2, 0) is 16.0 Å². The molecule has 0 aliphatic heterocycles. The van der Waals surface area contributed by atoms with Crippen LogP contribution in [0.4, 0.5) is 5.69 Å². The molecule has 0 fully saturated rings. The van der Waals surface area contributed by atoms with Gasteiger partial charge in [0, 0.05) is 22.2 Å². The molecule has 0 spiro atoms. The lowest BCUT2D eigenvalue weighted by atomic mass is 10.1. The molecule has 1 aromatic heterocycles. The molecular weight excluding hydrogens is 390 g/mol. The van der Waals surface area contributed by atoms with Crippen molar-refractivity contribution in [3.63, 3.8) is 0 Å². The van der Waals surface area contributed by atoms with Crippen molar-refractivity contribution in [2.45, 2.75) is 13.3 Å². The van der Waals surface area contributed by atoms with Crippen LogP contribution >= 0.6 is 11.3 Å². The Morgan fingerprint density at radius 2 is 1.72 bits per heavy atom. The van der Waals surface area contributed by atoms with Crippen LogP contribution in [0.3, 0.4) is 0 Å². The largest absolute Gasteiger partial charge is 0.480 e. The molecule has 0 saturated heterocycles. The minimum Gasteiger partial charge on any atom is -0.480 e. The van der Waals surface area contributed by atoms with Gasteiger partial charge in [0.15, 0.2) is 0 Å². The normalized spacial score (nSPS) is 10.4. The predicted octanol–water partition coefficient (Wildman–Crippen LogP) is 3.11. The van der Waals surface area contributed by atoms with Gasteiger partial charge in [-0.25, -0.2) is 4.98 Å². The summed E-state index contributed by atoms with van der Waals surface area (Å²) in [5.74, 6) is -1.78. The monoisotopic (exact) mass is 409 g/mol. The summed E-state index contributed by atoms with van der Waals surface area (Å²) in [6.07, 6.45) is 0.219. The predicted molar refractivity (Wildman–Crippen MR) is 111 cm³/mol. The van der Waals surface area contributed by atoms with Crippen LogP contribution in [0.2, 0.25) is 0 Å². The van der Waals surface area contributed by atoms with Gasteiger partial charge in [-0.2, -0.15) is 0 Å². The summed E-state index contributed by atoms with van der Waals surface area (Å²) in [5.41, 5.74) is 3.69. The molecule has 3 aromatic rings. The number of aromatic nitrogens is 1. The number of aliphatic carboxylic acids is 1. The summed E-state index contributed by atoms with van der Waals surface area (Å²) in [6, 6.07) is 13.9. The molecule has 0 unspecified atom stereocenters. The number of amides is 2. The van der Waals surface area contributed by atoms with Crippen LogP contribution in [-0.4, -0.2) is 34.4 Å². The summed E-state index contributed by atoms with van der Waals surface area (Å²) in [7, 11) is 0. The molecule has 0 saturated carbocycles. The number of anilines is 1. The summed E-state index contributed by atoms with van der Waals surface area (Å²) in [4.78, 5) is 39.0. The number of carboxylic acids is 1. The molecule has 0 radical (unpaired) electrons. The number of aryl methyl sites for hydroxylation is 1. The maximum Gasteiger partial charge on any atom is 0.322 e. The Kier molecular flexibility index (Phi) is 6.36. The summed E-state index contributed by atoms with van der Waals surface area (Å²) in [6.45, 7) is 1.51. The Labute approximate surface area is 171 Å². The van der Waals surface area contributed by atoms with E-state index in [9.17, 15) is 14.4 Å². The molecule has 148 valence electrons. The van der Waals surface area contributed by atoms with Gasteiger partial charge in [-0.3, -0.25) is 14.4 Å². The van der Waals surface area contributed by atoms with Gasteiger partial charge in [-0.05, 0) is 36.8 Å². The van der Waals surface area contributed by atoms with Gasteiger partial charge in [0.25, 0.3) is 5.91 Å². The number of nitrogens with one attached hydrogen (secondary N) is 2. The molecule has 2 aromatic carbocycles. The molecule has 0 bridgehead atoms. The fourth-order valence-electron chi connectivity index (χ4n) is 2.64. The van der Waals surface area contributed by atoms with Gasteiger partial charge in [0.1, 0.15) is 6.54 Å². The number of hydrogen-bond acceptors (Lipinski definition) is 5. The maximum atomic E-state index is 12.3. The van der Waals surface area contributed by atoms with E-state index in [1.807, 2.05) is 36.6 Å². The van der Waals surface area contributed by atoms with Crippen molar-refractivity contribution < 1.29 is 19.5 Å². The second-order valence-corrected chi connectivity index (χ2v) is 7.39. The second-order valence-electron chi connectivity index (χ2n) is 6.33. The molecular formula is C21H19N3O4S. The first-order chi connectivity index (χ1) is 13.9. The SMILES string of the molecule is Cc1nc(-c2ccc(CC(=O)Nc3ccc(C(=O)NCC(=O)O)cc3)cc2)cs1. The van der Waals surface area contributed by atoms with E-state index in [0.717, 1.165) is 21.8 Å². The van der Waals surface area contributed by atoms with Crippen molar-refractivity contribution in [2.75, 3.05) is 11.9 Å². The van der Waals surface area contributed by atoms with Crippen molar-refractivity contribution in [3.8, 4) is 11.3 Å². The Morgan fingerprint density at radius 1 is 1.03 bits per heavy atom. The lowest BCUT2D eigenvalue weighted by Crippen LogP contribution is -2.29. The molecule has 7 nitrogen and oxygen atoms in total. The Bertz CT molecular complexity index is 1030. The molecule has 2 amide bonds. The van der Waals surface area contributed by atoms with Gasteiger partial charge in [-0.15, -0.1) is 11.3 Å². The highest BCUT2D eigenvalue weighted by Crippen LogP contribution is 2.22. The highest BCUT2D eigenvalue weighted by molar-refractivity contribution is 7.09. The third-order valence-electron chi connectivity index (χ3n) is 4.06. The third kappa shape index (κ3) is 5.73. The van der Waals surface area contributed by atoms with E-state index < -0.39 is 18.4 Å². The molecule has 3 rings (SSSR count). The van der Waals surface area contributed by atoms with Crippen LogP contribution < -0.4 is 10.6 Å². The highest BCUT2D eigenvalue weighted by Gasteiger charge is 2.09. The Balaban J connectivity index is 1.55. The number of benzene rings is 2. The van der Waals surface area contributed by atoms with Gasteiger partial charge in [-0.1, -0.05) is 24.3 Å². The van der Waals surface area contributed by atoms with Crippen molar-refractivity contribution >= 4 is 34.8 Å². The standard InChI is InChI=1S/C21H19N3O4S/c1-13-23-18(12-29-13)15-4-2-14(3-5-15)10-19(25)24-17-8-6-16(7-9-17)21(28)22-11-20(26)27/h2-9,12H,10-11H2,1H3,(H,22,28)(H,24,25)(H,26,27). The number of thiazole rings is 1. The third-order valence-corrected chi connectivity index (χ3v) is 4.84. The van der Waals surface area contributed by atoms with Gasteiger partial charge >= 0.3 is 5.97 Å². The van der Waals surface area contributed by atoms with Crippen LogP contribution in [0, 0.1) is 6.92 Å². The smallest absolute Gasteiger partial charge is 0.322 e. The van der Waals surface area contributed by atoms with Crippen LogP contribution in [0.5, 0.6) is 0 Å². The molecule has 3 N–H and O–H groups in total. The van der Waals surface area contributed by atoms with Crippen molar-refractivity contribution in [1.82, 2.24) is 10.3 Å². The summed E-state index contributed by atoms with van der Waals surface area (Å²) in [5, 5.41) is 16.7. The highest BCUT2D eigenvalue weighted by atomic mass is 32.1. The van der Waals surface area contributed by atoms with Gasteiger partial charge in [0.2, 0.25) is 5.91 Å². The van der Waals surface area contributed by atoms with Crippen LogP contribution in [0.15, 0.2) is 53.9 Å². The van der Waals surface area contributed by atoms with E-state index in [0.29, 0.717) is 11.3 Å². The molecule has 1 heterocycles. The number of nitrogens with zero attached hydrogens (tertiary/aromatic N) is 1. The van der Waals surface area contributed by atoms with E-state index in [-0.39, 0.29) is 12.3 Å². The zero-order valence-corrected chi connectivity index (χ0v) is 16.5. The second kappa shape index (κ2) is 9.11. The van der Waals surface area contributed by atoms with E-state index in [4.69, 9.17) is 5.11 Å². The van der Waals surface area contributed by atoms with E-state index in [2.05, 4.69) is 15.6 Å². The number of carbonyl (C=O) groups excluding carboxylic acids is 2. The number of rotatable bonds is 7. The van der Waals surface area contributed by atoms with Crippen molar-refractivity contribution in [3.05, 3.63) is 70.0 Å². The number of hydrogen-bond donors (Lipinski definition) is 3. The van der Waals surface area contributed by atoms with Crippen molar-refractivity contribution in [1.29, 1.82) is 0 Å². The van der Waals surface area contributed by atoms with Crippen LogP contribution in [0.25, 0.3) is 11.3 Å². The van der Waals surface area contributed by atoms with Gasteiger partial charge in [0.05, 0.1) is 17.1 Å². The first kappa shape index (κ1) is 20.2. The molecule has 0 aliphatic rings. The topological polar surface area (TPSA) is 108 Å². The molecule has 29 heavy (non-hydrogen) atoms. The summed E-state index contributed by atoms with van der Waals surface area (Å²) >= 11 is 1.60. The fraction of sp³-hybridized carbons (Fsp3) is 0.143. The number of carboxylic acid groups (broad SMARTS) is 1. The Morgan fingerprint density at radius 3 is 2.31 bits per heavy atom. The first-order valence-corrected chi connectivity index (χ1v) is 9.70. The van der Waals surface area contributed by atoms with Crippen LogP contribution in [0.1, 0.15) is 20.9 Å². The fourth-order valence-corrected chi connectivity index (χ4v) is 3.26. The molecule has 0 atom stereocenters. The molecule has 0 aliphatic carbocycles. The van der Waals surface area contributed by atoms with E-state index in [1.165, 1.54) is 12.1 Å². The van der Waals surface area contributed by atoms with E-state index >= 15 is 0 Å². The molecule has 8 heteroatoms. The van der Waals surface area contributed by atoms with Crippen molar-refractivity contribution in [2.24, 2.45) is 0 Å². The minimum absolute atomic E-state index is 0.176. The average molecular weight is 409 g/mol. The quantitative estimate of drug-likeness (QED) is 0.556. The zero-order valence-electron chi connectivity index (χ0n) is 15.6. The average Bonchev–Trinajstić information content (AvgIpc) is 3.13. The summed E-state index contributed by atoms with van der Waals surface area (Å²) < 4.78 is 0. The maximum absolute atomic E-state index is 12.3.